The number of para-hydroxylation sites is 2. The zero-order chi connectivity index (χ0) is 26.5. The fourth-order valence-electron chi connectivity index (χ4n) is 4.25. The normalized spacial score (nSPS) is 12.1. The number of nitrogens with two attached hydrogens (primary N) is 2. The van der Waals surface area contributed by atoms with Gasteiger partial charge in [0.25, 0.3) is 0 Å². The number of nitrogen functional groups attached to an aromatic ring is 2. The Balaban J connectivity index is 1.30. The number of ether oxygens (including phenoxy) is 2. The molecule has 5 rings (SSSR count). The van der Waals surface area contributed by atoms with E-state index in [0.29, 0.717) is 58.7 Å². The van der Waals surface area contributed by atoms with Crippen LogP contribution in [0.4, 0.5) is 11.4 Å². The van der Waals surface area contributed by atoms with E-state index in [1.807, 2.05) is 48.5 Å². The summed E-state index contributed by atoms with van der Waals surface area (Å²) in [7, 11) is 0. The van der Waals surface area contributed by atoms with Gasteiger partial charge in [-0.05, 0) is 36.4 Å². The highest BCUT2D eigenvalue weighted by atomic mass is 32.2. The number of hydrogen-bond acceptors (Lipinski definition) is 8. The van der Waals surface area contributed by atoms with Crippen molar-refractivity contribution < 1.29 is 19.1 Å². The summed E-state index contributed by atoms with van der Waals surface area (Å²) in [6.07, 6.45) is 0. The van der Waals surface area contributed by atoms with E-state index in [1.54, 1.807) is 59.9 Å². The van der Waals surface area contributed by atoms with Crippen LogP contribution in [0.2, 0.25) is 0 Å². The fourth-order valence-corrected chi connectivity index (χ4v) is 5.84. The van der Waals surface area contributed by atoms with E-state index in [0.717, 1.165) is 9.79 Å². The SMILES string of the molecule is Nc1ccccc1SCCOc1cccc2c1C(=O)c1c(OCCSc3ccccc3N)cccc1C2=O. The number of thioether (sulfide) groups is 2. The molecule has 1 aliphatic carbocycles. The highest BCUT2D eigenvalue weighted by Crippen LogP contribution is 2.37. The molecule has 8 heteroatoms. The maximum atomic E-state index is 13.7. The number of carbonyl (C=O) groups excluding carboxylic acids is 2. The van der Waals surface area contributed by atoms with Gasteiger partial charge in [-0.1, -0.05) is 48.5 Å². The van der Waals surface area contributed by atoms with E-state index < -0.39 is 0 Å². The molecular weight excluding hydrogens is 516 g/mol. The molecule has 6 nitrogen and oxygen atoms in total. The minimum absolute atomic E-state index is 0.219. The molecule has 0 spiro atoms. The Hall–Kier alpha value is -3.88. The standard InChI is InChI=1S/C30H26N2O4S2/c31-21-9-1-3-13-25(21)37-17-15-35-23-11-5-7-19-27(23)30(34)28-20(29(19)33)8-6-12-24(28)36-16-18-38-26-14-4-2-10-22(26)32/h1-14H,15-18,31-32H2. The highest BCUT2D eigenvalue weighted by Gasteiger charge is 2.34. The Bertz CT molecular complexity index is 1400. The Morgan fingerprint density at radius 2 is 1.00 bits per heavy atom. The van der Waals surface area contributed by atoms with Gasteiger partial charge in [0, 0.05) is 43.8 Å². The molecule has 0 atom stereocenters. The number of ketones is 2. The second kappa shape index (κ2) is 11.7. The predicted octanol–water partition coefficient (Wildman–Crippen LogP) is 5.97. The molecule has 0 fully saturated rings. The van der Waals surface area contributed by atoms with E-state index in [2.05, 4.69) is 0 Å². The van der Waals surface area contributed by atoms with E-state index in [4.69, 9.17) is 20.9 Å². The van der Waals surface area contributed by atoms with Gasteiger partial charge in [0.05, 0.1) is 24.3 Å². The maximum Gasteiger partial charge on any atom is 0.201 e. The summed E-state index contributed by atoms with van der Waals surface area (Å²) >= 11 is 3.15. The summed E-state index contributed by atoms with van der Waals surface area (Å²) in [5, 5.41) is 0. The van der Waals surface area contributed by atoms with Crippen molar-refractivity contribution in [2.75, 3.05) is 36.2 Å². The molecule has 0 heterocycles. The predicted molar refractivity (Wildman–Crippen MR) is 154 cm³/mol. The molecule has 4 aromatic carbocycles. The Kier molecular flexibility index (Phi) is 7.91. The molecule has 0 bridgehead atoms. The van der Waals surface area contributed by atoms with Crippen LogP contribution in [-0.4, -0.2) is 36.3 Å². The van der Waals surface area contributed by atoms with Crippen LogP contribution in [-0.2, 0) is 0 Å². The lowest BCUT2D eigenvalue weighted by Gasteiger charge is -2.22. The van der Waals surface area contributed by atoms with Gasteiger partial charge in [0.1, 0.15) is 11.5 Å². The zero-order valence-electron chi connectivity index (χ0n) is 20.5. The molecule has 0 aromatic heterocycles. The van der Waals surface area contributed by atoms with Crippen LogP contribution in [0.25, 0.3) is 0 Å². The van der Waals surface area contributed by atoms with Gasteiger partial charge in [-0.3, -0.25) is 9.59 Å². The summed E-state index contributed by atoms with van der Waals surface area (Å²) in [5.74, 6) is 1.54. The minimum Gasteiger partial charge on any atom is -0.492 e. The van der Waals surface area contributed by atoms with Crippen LogP contribution >= 0.6 is 23.5 Å². The first-order chi connectivity index (χ1) is 18.5. The van der Waals surface area contributed by atoms with Gasteiger partial charge in [-0.2, -0.15) is 0 Å². The molecule has 4 aromatic rings. The lowest BCUT2D eigenvalue weighted by Crippen LogP contribution is -2.23. The van der Waals surface area contributed by atoms with Crippen LogP contribution < -0.4 is 20.9 Å². The second-order valence-electron chi connectivity index (χ2n) is 8.49. The van der Waals surface area contributed by atoms with E-state index in [-0.39, 0.29) is 22.7 Å². The van der Waals surface area contributed by atoms with Crippen LogP contribution in [0.5, 0.6) is 11.5 Å². The Morgan fingerprint density at radius 3 is 1.45 bits per heavy atom. The van der Waals surface area contributed by atoms with Gasteiger partial charge in [0.2, 0.25) is 5.78 Å². The van der Waals surface area contributed by atoms with Gasteiger partial charge in [-0.15, -0.1) is 23.5 Å². The third kappa shape index (κ3) is 5.37. The molecule has 38 heavy (non-hydrogen) atoms. The molecule has 192 valence electrons. The van der Waals surface area contributed by atoms with Crippen molar-refractivity contribution in [3.05, 3.63) is 107 Å². The molecule has 0 saturated carbocycles. The van der Waals surface area contributed by atoms with Crippen LogP contribution in [0, 0.1) is 0 Å². The summed E-state index contributed by atoms with van der Waals surface area (Å²) in [5.41, 5.74) is 14.7. The van der Waals surface area contributed by atoms with Crippen LogP contribution in [0.15, 0.2) is 94.7 Å². The van der Waals surface area contributed by atoms with Crippen LogP contribution in [0.3, 0.4) is 0 Å². The fraction of sp³-hybridized carbons (Fsp3) is 0.133. The second-order valence-corrected chi connectivity index (χ2v) is 10.8. The number of carbonyl (C=O) groups is 2. The molecule has 4 N–H and O–H groups in total. The van der Waals surface area contributed by atoms with Crippen molar-refractivity contribution in [3.8, 4) is 11.5 Å². The van der Waals surface area contributed by atoms with Crippen LogP contribution in [0.1, 0.15) is 31.8 Å². The Morgan fingerprint density at radius 1 is 0.553 bits per heavy atom. The largest absolute Gasteiger partial charge is 0.492 e. The summed E-state index contributed by atoms with van der Waals surface area (Å²) in [6, 6.07) is 25.5. The van der Waals surface area contributed by atoms with Crippen molar-refractivity contribution in [2.24, 2.45) is 0 Å². The highest BCUT2D eigenvalue weighted by molar-refractivity contribution is 7.99. The topological polar surface area (TPSA) is 105 Å². The monoisotopic (exact) mass is 542 g/mol. The van der Waals surface area contributed by atoms with E-state index in [9.17, 15) is 9.59 Å². The van der Waals surface area contributed by atoms with Gasteiger partial charge >= 0.3 is 0 Å². The van der Waals surface area contributed by atoms with Gasteiger partial charge in [0.15, 0.2) is 5.78 Å². The molecule has 0 saturated heterocycles. The number of rotatable bonds is 10. The van der Waals surface area contributed by atoms with Gasteiger partial charge in [-0.25, -0.2) is 0 Å². The smallest absolute Gasteiger partial charge is 0.201 e. The lowest BCUT2D eigenvalue weighted by atomic mass is 9.83. The van der Waals surface area contributed by atoms with Crippen molar-refractivity contribution >= 4 is 46.5 Å². The third-order valence-corrected chi connectivity index (χ3v) is 8.14. The van der Waals surface area contributed by atoms with Crippen molar-refractivity contribution in [3.63, 3.8) is 0 Å². The summed E-state index contributed by atoms with van der Waals surface area (Å²) in [4.78, 5) is 29.0. The molecule has 0 radical (unpaired) electrons. The lowest BCUT2D eigenvalue weighted by molar-refractivity contribution is 0.0972. The molecular formula is C30H26N2O4S2. The number of hydrogen-bond donors (Lipinski definition) is 2. The number of fused-ring (bicyclic) bond motifs is 2. The zero-order valence-corrected chi connectivity index (χ0v) is 22.1. The molecule has 1 aliphatic rings. The average Bonchev–Trinajstić information content (AvgIpc) is 2.93. The average molecular weight is 543 g/mol. The van der Waals surface area contributed by atoms with Crippen molar-refractivity contribution in [2.45, 2.75) is 9.79 Å². The third-order valence-electron chi connectivity index (χ3n) is 6.03. The maximum absolute atomic E-state index is 13.7. The minimum atomic E-state index is -0.277. The van der Waals surface area contributed by atoms with E-state index >= 15 is 0 Å². The molecule has 0 unspecified atom stereocenters. The first-order valence-electron chi connectivity index (χ1n) is 12.1. The summed E-state index contributed by atoms with van der Waals surface area (Å²) < 4.78 is 12.0. The first-order valence-corrected chi connectivity index (χ1v) is 14.1. The van der Waals surface area contributed by atoms with E-state index in [1.165, 1.54) is 0 Å². The molecule has 0 amide bonds. The number of anilines is 2. The van der Waals surface area contributed by atoms with Crippen molar-refractivity contribution in [1.82, 2.24) is 0 Å². The Labute approximate surface area is 229 Å². The molecule has 0 aliphatic heterocycles. The number of benzene rings is 4. The summed E-state index contributed by atoms with van der Waals surface area (Å²) in [6.45, 7) is 0.698. The first kappa shape index (κ1) is 25.8. The van der Waals surface area contributed by atoms with Gasteiger partial charge < -0.3 is 20.9 Å². The quantitative estimate of drug-likeness (QED) is 0.126. The van der Waals surface area contributed by atoms with Crippen molar-refractivity contribution in [1.29, 1.82) is 0 Å².